The lowest BCUT2D eigenvalue weighted by atomic mass is 10.1. The minimum atomic E-state index is -2.93. The number of amides is 4. The molecule has 3 rings (SSSR count). The summed E-state index contributed by atoms with van der Waals surface area (Å²) in [5, 5.41) is 14.3. The number of unbranched alkanes of at least 4 members (excludes halogenated alkanes) is 1. The highest BCUT2D eigenvalue weighted by Crippen LogP contribution is 2.16. The number of urea groups is 1. The Balaban J connectivity index is 1.34. The molecule has 0 aliphatic carbocycles. The molecule has 14 nitrogen and oxygen atoms in total. The van der Waals surface area contributed by atoms with Crippen LogP contribution in [0.3, 0.4) is 0 Å². The lowest BCUT2D eigenvalue weighted by Gasteiger charge is -2.26. The molecule has 3 heterocycles. The van der Waals surface area contributed by atoms with Crippen molar-refractivity contribution >= 4 is 39.5 Å². The van der Waals surface area contributed by atoms with E-state index in [0.29, 0.717) is 62.9 Å². The number of aryl methyl sites for hydroxylation is 1. The van der Waals surface area contributed by atoms with Gasteiger partial charge in [-0.25, -0.2) is 28.0 Å². The number of nitrogens with zero attached hydrogens (tertiary/aromatic N) is 3. The average Bonchev–Trinajstić information content (AvgIpc) is 2.97. The van der Waals surface area contributed by atoms with Crippen LogP contribution in [0.25, 0.3) is 0 Å². The fourth-order valence-electron chi connectivity index (χ4n) is 4.41. The molecule has 4 amide bonds. The van der Waals surface area contributed by atoms with Gasteiger partial charge in [-0.2, -0.15) is 0 Å². The molecule has 1 aliphatic rings. The van der Waals surface area contributed by atoms with Crippen LogP contribution in [0, 0.1) is 0 Å². The summed E-state index contributed by atoms with van der Waals surface area (Å²) in [5.41, 5.74) is 1.48. The summed E-state index contributed by atoms with van der Waals surface area (Å²) in [4.78, 5) is 47.7. The zero-order valence-electron chi connectivity index (χ0n) is 26.6. The SMILES string of the molecule is CCNc1nc(CCCCNC(=O)NCc2ccc(NC(=O)OC(C)(C)C)nc2)ccc1C(=O)NCCN1CCS(=O)(=O)CC1. The molecule has 248 valence electrons. The number of carbonyl (C=O) groups excluding carboxylic acids is 3. The molecular formula is C30H46N8O6S. The van der Waals surface area contributed by atoms with E-state index in [1.54, 1.807) is 45.2 Å². The summed E-state index contributed by atoms with van der Waals surface area (Å²) in [7, 11) is -2.93. The van der Waals surface area contributed by atoms with Crippen LogP contribution in [0.1, 0.15) is 62.2 Å². The smallest absolute Gasteiger partial charge is 0.413 e. The molecule has 0 unspecified atom stereocenters. The first-order valence-electron chi connectivity index (χ1n) is 15.2. The van der Waals surface area contributed by atoms with Crippen LogP contribution in [-0.4, -0.2) is 97.7 Å². The van der Waals surface area contributed by atoms with Gasteiger partial charge in [0.1, 0.15) is 17.2 Å². The molecule has 0 aromatic carbocycles. The molecule has 2 aromatic heterocycles. The van der Waals surface area contributed by atoms with Crippen LogP contribution in [-0.2, 0) is 27.5 Å². The van der Waals surface area contributed by atoms with Crippen LogP contribution in [0.5, 0.6) is 0 Å². The molecule has 15 heteroatoms. The summed E-state index contributed by atoms with van der Waals surface area (Å²) in [5.74, 6) is 0.970. The number of pyridine rings is 2. The average molecular weight is 647 g/mol. The van der Waals surface area contributed by atoms with Crippen molar-refractivity contribution in [3.8, 4) is 0 Å². The van der Waals surface area contributed by atoms with E-state index < -0.39 is 21.5 Å². The van der Waals surface area contributed by atoms with E-state index in [9.17, 15) is 22.8 Å². The van der Waals surface area contributed by atoms with E-state index >= 15 is 0 Å². The Morgan fingerprint density at radius 3 is 2.40 bits per heavy atom. The van der Waals surface area contributed by atoms with Crippen molar-refractivity contribution in [1.29, 1.82) is 0 Å². The molecule has 0 atom stereocenters. The maximum atomic E-state index is 12.8. The molecule has 1 aliphatic heterocycles. The predicted octanol–water partition coefficient (Wildman–Crippen LogP) is 2.54. The summed E-state index contributed by atoms with van der Waals surface area (Å²) in [6.07, 6.45) is 3.22. The topological polar surface area (TPSA) is 184 Å². The van der Waals surface area contributed by atoms with Gasteiger partial charge in [0.05, 0.1) is 17.1 Å². The Morgan fingerprint density at radius 1 is 0.978 bits per heavy atom. The number of ether oxygens (including phenoxy) is 1. The van der Waals surface area contributed by atoms with Crippen molar-refractivity contribution in [2.24, 2.45) is 0 Å². The van der Waals surface area contributed by atoms with Crippen molar-refractivity contribution in [2.75, 3.05) is 61.4 Å². The van der Waals surface area contributed by atoms with Gasteiger partial charge in [-0.3, -0.25) is 15.0 Å². The van der Waals surface area contributed by atoms with Crippen molar-refractivity contribution in [2.45, 2.75) is 59.1 Å². The van der Waals surface area contributed by atoms with E-state index in [1.165, 1.54) is 0 Å². The monoisotopic (exact) mass is 646 g/mol. The molecular weight excluding hydrogens is 600 g/mol. The Hall–Kier alpha value is -3.98. The third-order valence-corrected chi connectivity index (χ3v) is 8.35. The maximum absolute atomic E-state index is 12.8. The molecule has 5 N–H and O–H groups in total. The number of hydrogen-bond donors (Lipinski definition) is 5. The molecule has 0 saturated carbocycles. The van der Waals surface area contributed by atoms with E-state index in [1.807, 2.05) is 17.9 Å². The number of aromatic nitrogens is 2. The third-order valence-electron chi connectivity index (χ3n) is 6.74. The first-order valence-corrected chi connectivity index (χ1v) is 17.1. The van der Waals surface area contributed by atoms with Gasteiger partial charge in [0.25, 0.3) is 5.91 Å². The highest BCUT2D eigenvalue weighted by Gasteiger charge is 2.21. The quantitative estimate of drug-likeness (QED) is 0.191. The predicted molar refractivity (Wildman–Crippen MR) is 173 cm³/mol. The lowest BCUT2D eigenvalue weighted by Crippen LogP contribution is -2.43. The molecule has 2 aromatic rings. The van der Waals surface area contributed by atoms with E-state index in [4.69, 9.17) is 4.74 Å². The molecule has 1 fully saturated rings. The lowest BCUT2D eigenvalue weighted by molar-refractivity contribution is 0.0635. The largest absolute Gasteiger partial charge is 0.444 e. The summed E-state index contributed by atoms with van der Waals surface area (Å²) in [6, 6.07) is 6.72. The Kier molecular flexibility index (Phi) is 13.3. The molecule has 0 radical (unpaired) electrons. The van der Waals surface area contributed by atoms with E-state index in [0.717, 1.165) is 24.1 Å². The van der Waals surface area contributed by atoms with Gasteiger partial charge < -0.3 is 26.0 Å². The third kappa shape index (κ3) is 13.3. The van der Waals surface area contributed by atoms with Crippen molar-refractivity contribution < 1.29 is 27.5 Å². The van der Waals surface area contributed by atoms with Crippen LogP contribution >= 0.6 is 0 Å². The van der Waals surface area contributed by atoms with Crippen LogP contribution in [0.15, 0.2) is 30.5 Å². The number of nitrogens with one attached hydrogen (secondary N) is 5. The van der Waals surface area contributed by atoms with Gasteiger partial charge in [0, 0.05) is 57.7 Å². The zero-order chi connectivity index (χ0) is 32.9. The number of sulfone groups is 1. The van der Waals surface area contributed by atoms with Gasteiger partial charge >= 0.3 is 12.1 Å². The van der Waals surface area contributed by atoms with Crippen molar-refractivity contribution in [3.05, 3.63) is 47.3 Å². The van der Waals surface area contributed by atoms with Crippen molar-refractivity contribution in [1.82, 2.24) is 30.8 Å². The zero-order valence-corrected chi connectivity index (χ0v) is 27.4. The van der Waals surface area contributed by atoms with Crippen molar-refractivity contribution in [3.63, 3.8) is 0 Å². The fraction of sp³-hybridized carbons (Fsp3) is 0.567. The number of rotatable bonds is 14. The van der Waals surface area contributed by atoms with E-state index in [2.05, 4.69) is 36.6 Å². The normalized spacial score (nSPS) is 14.7. The summed E-state index contributed by atoms with van der Waals surface area (Å²) >= 11 is 0. The Bertz CT molecular complexity index is 1380. The van der Waals surface area contributed by atoms with Gasteiger partial charge in [-0.05, 0) is 70.7 Å². The minimum absolute atomic E-state index is 0.159. The highest BCUT2D eigenvalue weighted by molar-refractivity contribution is 7.91. The second-order valence-electron chi connectivity index (χ2n) is 11.7. The fourth-order valence-corrected chi connectivity index (χ4v) is 5.69. The minimum Gasteiger partial charge on any atom is -0.444 e. The number of anilines is 2. The number of carbonyl (C=O) groups is 3. The molecule has 1 saturated heterocycles. The Morgan fingerprint density at radius 2 is 1.73 bits per heavy atom. The second kappa shape index (κ2) is 16.9. The number of hydrogen-bond acceptors (Lipinski definition) is 10. The summed E-state index contributed by atoms with van der Waals surface area (Å²) in [6.45, 7) is 10.6. The van der Waals surface area contributed by atoms with Crippen LogP contribution in [0.2, 0.25) is 0 Å². The molecule has 0 spiro atoms. The van der Waals surface area contributed by atoms with Gasteiger partial charge in [-0.15, -0.1) is 0 Å². The highest BCUT2D eigenvalue weighted by atomic mass is 32.2. The molecule has 0 bridgehead atoms. The second-order valence-corrected chi connectivity index (χ2v) is 14.0. The van der Waals surface area contributed by atoms with Gasteiger partial charge in [0.2, 0.25) is 0 Å². The summed E-state index contributed by atoms with van der Waals surface area (Å²) < 4.78 is 28.4. The Labute approximate surface area is 265 Å². The van der Waals surface area contributed by atoms with Gasteiger partial charge in [-0.1, -0.05) is 6.07 Å². The van der Waals surface area contributed by atoms with Gasteiger partial charge in [0.15, 0.2) is 9.84 Å². The standard InChI is InChI=1S/C30H46N8O6S/c1-5-31-26-24(27(39)32-14-15-38-16-18-45(42,43)19-17-38)11-10-23(36-26)8-6-7-13-33-28(40)35-21-22-9-12-25(34-20-22)37-29(41)44-30(2,3)4/h9-12,20H,5-8,13-19,21H2,1-4H3,(H,31,36)(H,32,39)(H2,33,35,40)(H,34,37,41). The van der Waals surface area contributed by atoms with E-state index in [-0.39, 0.29) is 30.0 Å². The maximum Gasteiger partial charge on any atom is 0.413 e. The first kappa shape index (κ1) is 35.5. The van der Waals surface area contributed by atoms with Crippen LogP contribution < -0.4 is 26.6 Å². The molecule has 45 heavy (non-hydrogen) atoms. The van der Waals surface area contributed by atoms with Crippen LogP contribution in [0.4, 0.5) is 21.2 Å². The first-order chi connectivity index (χ1) is 21.3.